The number of fused-ring (bicyclic) bond motifs is 1. The Kier molecular flexibility index (Phi) is 5.86. The first-order valence-corrected chi connectivity index (χ1v) is 8.61. The number of hydrogen-bond donors (Lipinski definition) is 2. The van der Waals surface area contributed by atoms with Crippen LogP contribution in [0.1, 0.15) is 19.4 Å². The number of primary amides is 1. The standard InChI is InChI=1S/C18H27N5O3/c1-11(2)14(16(19)24)20-17(25)23-13-8-6-7-12(3)15(13)22(18(23)26)10-9-21(4)5/h6-8,11,14H,9-10H2,1-5H3,(H2,19,24)(H,20,25)/t14-/m0/s1. The Bertz CT molecular complexity index is 879. The number of imidazole rings is 1. The molecule has 0 bridgehead atoms. The van der Waals surface area contributed by atoms with Gasteiger partial charge in [0.2, 0.25) is 5.91 Å². The van der Waals surface area contributed by atoms with Gasteiger partial charge in [-0.3, -0.25) is 9.36 Å². The van der Waals surface area contributed by atoms with E-state index in [4.69, 9.17) is 5.73 Å². The molecule has 0 unspecified atom stereocenters. The fourth-order valence-electron chi connectivity index (χ4n) is 2.96. The number of nitrogens with zero attached hydrogens (tertiary/aromatic N) is 3. The lowest BCUT2D eigenvalue weighted by Gasteiger charge is -2.18. The minimum atomic E-state index is -0.848. The summed E-state index contributed by atoms with van der Waals surface area (Å²) in [6.45, 7) is 6.57. The van der Waals surface area contributed by atoms with Crippen LogP contribution in [0.5, 0.6) is 0 Å². The summed E-state index contributed by atoms with van der Waals surface area (Å²) in [4.78, 5) is 39.3. The lowest BCUT2D eigenvalue weighted by Crippen LogP contribution is -2.50. The number of likely N-dealkylation sites (N-methyl/N-ethyl adjacent to an activating group) is 1. The average molecular weight is 361 g/mol. The van der Waals surface area contributed by atoms with E-state index in [2.05, 4.69) is 5.32 Å². The molecule has 0 saturated carbocycles. The van der Waals surface area contributed by atoms with Crippen molar-refractivity contribution in [3.8, 4) is 0 Å². The van der Waals surface area contributed by atoms with E-state index in [1.807, 2.05) is 32.0 Å². The molecule has 8 nitrogen and oxygen atoms in total. The Labute approximate surface area is 152 Å². The molecule has 0 radical (unpaired) electrons. The molecule has 1 aromatic heterocycles. The number of benzene rings is 1. The monoisotopic (exact) mass is 361 g/mol. The summed E-state index contributed by atoms with van der Waals surface area (Å²) in [5, 5.41) is 2.59. The van der Waals surface area contributed by atoms with E-state index in [1.54, 1.807) is 30.5 Å². The van der Waals surface area contributed by atoms with Crippen LogP contribution >= 0.6 is 0 Å². The van der Waals surface area contributed by atoms with Crippen molar-refractivity contribution in [2.45, 2.75) is 33.4 Å². The maximum absolute atomic E-state index is 12.9. The van der Waals surface area contributed by atoms with Gasteiger partial charge in [-0.15, -0.1) is 0 Å². The molecule has 0 fully saturated rings. The molecule has 0 spiro atoms. The fourth-order valence-corrected chi connectivity index (χ4v) is 2.96. The lowest BCUT2D eigenvalue weighted by molar-refractivity contribution is -0.120. The van der Waals surface area contributed by atoms with Crippen LogP contribution in [0.15, 0.2) is 23.0 Å². The predicted molar refractivity (Wildman–Crippen MR) is 101 cm³/mol. The summed E-state index contributed by atoms with van der Waals surface area (Å²) < 4.78 is 2.68. The SMILES string of the molecule is Cc1cccc2c1n(CCN(C)C)c(=O)n2C(=O)N[C@H](C(N)=O)C(C)C. The minimum absolute atomic E-state index is 0.184. The second-order valence-corrected chi connectivity index (χ2v) is 7.09. The molecule has 142 valence electrons. The highest BCUT2D eigenvalue weighted by Crippen LogP contribution is 2.17. The number of carbonyl (C=O) groups is 2. The minimum Gasteiger partial charge on any atom is -0.368 e. The van der Waals surface area contributed by atoms with Gasteiger partial charge in [0.25, 0.3) is 0 Å². The van der Waals surface area contributed by atoms with Crippen molar-refractivity contribution < 1.29 is 9.59 Å². The predicted octanol–water partition coefficient (Wildman–Crippen LogP) is 0.741. The van der Waals surface area contributed by atoms with Crippen molar-refractivity contribution in [1.29, 1.82) is 0 Å². The van der Waals surface area contributed by atoms with Crippen molar-refractivity contribution >= 4 is 23.0 Å². The second kappa shape index (κ2) is 7.74. The third kappa shape index (κ3) is 3.80. The van der Waals surface area contributed by atoms with Crippen LogP contribution in [0.3, 0.4) is 0 Å². The molecular formula is C18H27N5O3. The highest BCUT2D eigenvalue weighted by atomic mass is 16.2. The molecule has 3 N–H and O–H groups in total. The lowest BCUT2D eigenvalue weighted by atomic mass is 10.0. The number of rotatable bonds is 6. The molecule has 1 atom stereocenters. The van der Waals surface area contributed by atoms with Gasteiger partial charge in [-0.1, -0.05) is 26.0 Å². The van der Waals surface area contributed by atoms with E-state index >= 15 is 0 Å². The topological polar surface area (TPSA) is 102 Å². The summed E-state index contributed by atoms with van der Waals surface area (Å²) in [5.74, 6) is -0.815. The summed E-state index contributed by atoms with van der Waals surface area (Å²) >= 11 is 0. The van der Waals surface area contributed by atoms with E-state index in [0.29, 0.717) is 18.6 Å². The zero-order valence-corrected chi connectivity index (χ0v) is 15.9. The Morgan fingerprint density at radius 2 is 1.92 bits per heavy atom. The molecule has 1 aromatic carbocycles. The van der Waals surface area contributed by atoms with Crippen LogP contribution < -0.4 is 16.7 Å². The van der Waals surface area contributed by atoms with Gasteiger partial charge >= 0.3 is 11.7 Å². The third-order valence-electron chi connectivity index (χ3n) is 4.38. The fraction of sp³-hybridized carbons (Fsp3) is 0.500. The van der Waals surface area contributed by atoms with E-state index in [9.17, 15) is 14.4 Å². The summed E-state index contributed by atoms with van der Waals surface area (Å²) in [6.07, 6.45) is 0. The molecule has 2 rings (SSSR count). The molecule has 8 heteroatoms. The smallest absolute Gasteiger partial charge is 0.337 e. The van der Waals surface area contributed by atoms with Crippen LogP contribution in [0.2, 0.25) is 0 Å². The number of hydrogen-bond acceptors (Lipinski definition) is 4. The largest absolute Gasteiger partial charge is 0.368 e. The number of aromatic nitrogens is 2. The Balaban J connectivity index is 2.55. The normalized spacial score (nSPS) is 12.7. The highest BCUT2D eigenvalue weighted by Gasteiger charge is 2.25. The van der Waals surface area contributed by atoms with E-state index in [1.165, 1.54) is 0 Å². The van der Waals surface area contributed by atoms with E-state index < -0.39 is 23.7 Å². The molecule has 0 aliphatic carbocycles. The first-order chi connectivity index (χ1) is 12.1. The zero-order chi connectivity index (χ0) is 19.6. The van der Waals surface area contributed by atoms with Gasteiger partial charge in [0.15, 0.2) is 0 Å². The summed E-state index contributed by atoms with van der Waals surface area (Å²) in [6, 6.07) is 3.93. The molecular weight excluding hydrogens is 334 g/mol. The van der Waals surface area contributed by atoms with Crippen molar-refractivity contribution in [2.75, 3.05) is 20.6 Å². The first-order valence-electron chi connectivity index (χ1n) is 8.61. The number of carbonyl (C=O) groups excluding carboxylic acids is 2. The van der Waals surface area contributed by atoms with Gasteiger partial charge in [0.05, 0.1) is 11.0 Å². The Morgan fingerprint density at radius 1 is 1.27 bits per heavy atom. The van der Waals surface area contributed by atoms with Crippen LogP contribution in [-0.2, 0) is 11.3 Å². The Hall–Kier alpha value is -2.61. The molecule has 0 aliphatic heterocycles. The number of nitrogens with two attached hydrogens (primary N) is 1. The van der Waals surface area contributed by atoms with Crippen molar-refractivity contribution in [2.24, 2.45) is 11.7 Å². The quantitative estimate of drug-likeness (QED) is 0.792. The zero-order valence-electron chi connectivity index (χ0n) is 15.9. The van der Waals surface area contributed by atoms with Gasteiger partial charge in [-0.2, -0.15) is 0 Å². The highest BCUT2D eigenvalue weighted by molar-refractivity contribution is 5.93. The first kappa shape index (κ1) is 19.7. The van der Waals surface area contributed by atoms with Gasteiger partial charge in [-0.05, 0) is 38.6 Å². The molecule has 2 aromatic rings. The molecule has 0 saturated heterocycles. The van der Waals surface area contributed by atoms with Crippen LogP contribution in [-0.4, -0.2) is 52.7 Å². The van der Waals surface area contributed by atoms with Gasteiger partial charge in [0.1, 0.15) is 6.04 Å². The molecule has 1 heterocycles. The van der Waals surface area contributed by atoms with Crippen molar-refractivity contribution in [3.63, 3.8) is 0 Å². The molecule has 26 heavy (non-hydrogen) atoms. The van der Waals surface area contributed by atoms with E-state index in [-0.39, 0.29) is 5.92 Å². The van der Waals surface area contributed by atoms with E-state index in [0.717, 1.165) is 15.6 Å². The van der Waals surface area contributed by atoms with Gasteiger partial charge in [-0.25, -0.2) is 14.2 Å². The van der Waals surface area contributed by atoms with Crippen LogP contribution in [0.25, 0.3) is 11.0 Å². The average Bonchev–Trinajstić information content (AvgIpc) is 2.82. The number of para-hydroxylation sites is 1. The van der Waals surface area contributed by atoms with Crippen LogP contribution in [0.4, 0.5) is 4.79 Å². The molecule has 0 aliphatic rings. The maximum Gasteiger partial charge on any atom is 0.337 e. The summed E-state index contributed by atoms with van der Waals surface area (Å²) in [5.41, 5.74) is 7.08. The number of aryl methyl sites for hydroxylation is 1. The summed E-state index contributed by atoms with van der Waals surface area (Å²) in [7, 11) is 3.84. The van der Waals surface area contributed by atoms with Crippen LogP contribution in [0, 0.1) is 12.8 Å². The maximum atomic E-state index is 12.9. The Morgan fingerprint density at radius 3 is 2.46 bits per heavy atom. The van der Waals surface area contributed by atoms with Gasteiger partial charge < -0.3 is 16.0 Å². The number of nitrogens with one attached hydrogen (secondary N) is 1. The molecule has 2 amide bonds. The second-order valence-electron chi connectivity index (χ2n) is 7.09. The number of amides is 2. The van der Waals surface area contributed by atoms with Crippen molar-refractivity contribution in [3.05, 3.63) is 34.2 Å². The van der Waals surface area contributed by atoms with Crippen molar-refractivity contribution in [1.82, 2.24) is 19.4 Å². The third-order valence-corrected chi connectivity index (χ3v) is 4.38. The van der Waals surface area contributed by atoms with Gasteiger partial charge in [0, 0.05) is 13.1 Å².